The highest BCUT2D eigenvalue weighted by Gasteiger charge is 2.23. The van der Waals surface area contributed by atoms with E-state index in [2.05, 4.69) is 5.32 Å². The number of Topliss-reactive ketones (excluding diaryl/α,β-unsaturated/α-hetero) is 1. The molecule has 0 unspecified atom stereocenters. The number of rotatable bonds is 2. The average Bonchev–Trinajstić information content (AvgIpc) is 2.58. The van der Waals surface area contributed by atoms with E-state index in [1.54, 1.807) is 0 Å². The molecule has 0 aliphatic carbocycles. The fourth-order valence-corrected chi connectivity index (χ4v) is 1.48. The predicted molar refractivity (Wildman–Crippen MR) is 58.8 cm³/mol. The maximum absolute atomic E-state index is 11.3. The van der Waals surface area contributed by atoms with Crippen LogP contribution in [0.5, 0.6) is 0 Å². The summed E-state index contributed by atoms with van der Waals surface area (Å²) in [6.45, 7) is 0. The second-order valence-electron chi connectivity index (χ2n) is 3.55. The highest BCUT2D eigenvalue weighted by molar-refractivity contribution is 6.16. The van der Waals surface area contributed by atoms with Crippen LogP contribution >= 0.6 is 0 Å². The number of nitrogens with zero attached hydrogens (tertiary/aromatic N) is 1. The Labute approximate surface area is 96.1 Å². The summed E-state index contributed by atoms with van der Waals surface area (Å²) < 4.78 is 0. The predicted octanol–water partition coefficient (Wildman–Crippen LogP) is 1.02. The first-order chi connectivity index (χ1) is 8.06. The summed E-state index contributed by atoms with van der Waals surface area (Å²) in [6, 6.07) is 5.72. The summed E-state index contributed by atoms with van der Waals surface area (Å²) in [5.74, 6) is -0.600. The fourth-order valence-electron chi connectivity index (χ4n) is 1.48. The number of nitrogens with one attached hydrogen (secondary N) is 1. The van der Waals surface area contributed by atoms with Crippen molar-refractivity contribution < 1.29 is 14.5 Å². The number of ketones is 1. The van der Waals surface area contributed by atoms with Crippen molar-refractivity contribution in [2.24, 2.45) is 0 Å². The van der Waals surface area contributed by atoms with Gasteiger partial charge in [-0.05, 0) is 23.8 Å². The monoisotopic (exact) mass is 232 g/mol. The zero-order valence-electron chi connectivity index (χ0n) is 8.67. The second-order valence-corrected chi connectivity index (χ2v) is 3.55. The number of hydrogen-bond acceptors (Lipinski definition) is 4. The lowest BCUT2D eigenvalue weighted by Gasteiger charge is -1.97. The van der Waals surface area contributed by atoms with Gasteiger partial charge >= 0.3 is 0 Å². The van der Waals surface area contributed by atoms with Gasteiger partial charge in [0, 0.05) is 12.1 Å². The van der Waals surface area contributed by atoms with Crippen molar-refractivity contribution in [3.05, 3.63) is 45.6 Å². The molecule has 0 spiro atoms. The van der Waals surface area contributed by atoms with Gasteiger partial charge in [-0.25, -0.2) is 0 Å². The molecule has 1 aromatic rings. The molecule has 0 radical (unpaired) electrons. The van der Waals surface area contributed by atoms with Crippen molar-refractivity contribution in [1.29, 1.82) is 0 Å². The van der Waals surface area contributed by atoms with Crippen LogP contribution in [0.4, 0.5) is 5.69 Å². The number of amides is 1. The minimum atomic E-state index is -0.501. The topological polar surface area (TPSA) is 89.3 Å². The van der Waals surface area contributed by atoms with Crippen molar-refractivity contribution in [3.63, 3.8) is 0 Å². The third kappa shape index (κ3) is 2.36. The van der Waals surface area contributed by atoms with Gasteiger partial charge < -0.3 is 5.32 Å². The minimum Gasteiger partial charge on any atom is -0.323 e. The molecule has 1 amide bonds. The Morgan fingerprint density at radius 3 is 2.35 bits per heavy atom. The van der Waals surface area contributed by atoms with Crippen molar-refractivity contribution >= 4 is 23.5 Å². The maximum Gasteiger partial charge on any atom is 0.269 e. The number of allylic oxidation sites excluding steroid dienone is 1. The Hall–Kier alpha value is -2.50. The fraction of sp³-hybridized carbons (Fsp3) is 0.0909. The van der Waals surface area contributed by atoms with Gasteiger partial charge in [0.05, 0.1) is 17.0 Å². The molecule has 0 saturated carbocycles. The molecule has 6 nitrogen and oxygen atoms in total. The van der Waals surface area contributed by atoms with Crippen LogP contribution in [0.1, 0.15) is 12.0 Å². The molecule has 1 saturated heterocycles. The first-order valence-electron chi connectivity index (χ1n) is 4.85. The molecule has 1 aromatic carbocycles. The van der Waals surface area contributed by atoms with E-state index in [0.29, 0.717) is 5.56 Å². The van der Waals surface area contributed by atoms with E-state index in [4.69, 9.17) is 0 Å². The maximum atomic E-state index is 11.3. The second kappa shape index (κ2) is 4.17. The number of hydrogen-bond donors (Lipinski definition) is 1. The third-order valence-corrected chi connectivity index (χ3v) is 2.31. The van der Waals surface area contributed by atoms with Crippen molar-refractivity contribution in [2.75, 3.05) is 0 Å². The van der Waals surface area contributed by atoms with E-state index in [-0.39, 0.29) is 29.5 Å². The third-order valence-electron chi connectivity index (χ3n) is 2.31. The van der Waals surface area contributed by atoms with Gasteiger partial charge in [0.25, 0.3) is 5.69 Å². The van der Waals surface area contributed by atoms with Crippen LogP contribution in [0.2, 0.25) is 0 Å². The number of non-ortho nitro benzene ring substituents is 1. The summed E-state index contributed by atoms with van der Waals surface area (Å²) in [5.41, 5.74) is 0.832. The standard InChI is InChI=1S/C11H8N2O4/c14-10-6-11(15)12-9(10)5-7-1-3-8(4-2-7)13(16)17/h1-5H,6H2,(H,12,15). The molecule has 1 aliphatic heterocycles. The summed E-state index contributed by atoms with van der Waals surface area (Å²) in [7, 11) is 0. The van der Waals surface area contributed by atoms with Gasteiger partial charge in [0.15, 0.2) is 5.78 Å². The Morgan fingerprint density at radius 1 is 1.24 bits per heavy atom. The molecule has 1 N–H and O–H groups in total. The lowest BCUT2D eigenvalue weighted by atomic mass is 10.1. The molecule has 0 bridgehead atoms. The highest BCUT2D eigenvalue weighted by atomic mass is 16.6. The smallest absolute Gasteiger partial charge is 0.269 e. The van der Waals surface area contributed by atoms with Crippen LogP contribution in [-0.4, -0.2) is 16.6 Å². The van der Waals surface area contributed by atoms with Gasteiger partial charge in [-0.2, -0.15) is 0 Å². The van der Waals surface area contributed by atoms with Crippen LogP contribution in [0.15, 0.2) is 30.0 Å². The van der Waals surface area contributed by atoms with E-state index in [0.717, 1.165) is 0 Å². The minimum absolute atomic E-state index is 0.0195. The Morgan fingerprint density at radius 2 is 1.88 bits per heavy atom. The SMILES string of the molecule is O=C1CC(=O)C(=Cc2ccc([N+](=O)[O-])cc2)N1. The normalized spacial score (nSPS) is 17.3. The molecule has 17 heavy (non-hydrogen) atoms. The van der Waals surface area contributed by atoms with E-state index >= 15 is 0 Å². The quantitative estimate of drug-likeness (QED) is 0.357. The molecular weight excluding hydrogens is 224 g/mol. The number of nitro benzene ring substituents is 1. The van der Waals surface area contributed by atoms with Crippen molar-refractivity contribution in [1.82, 2.24) is 5.32 Å². The molecular formula is C11H8N2O4. The number of carbonyl (C=O) groups excluding carboxylic acids is 2. The Balaban J connectivity index is 2.24. The lowest BCUT2D eigenvalue weighted by Crippen LogP contribution is -2.12. The molecule has 86 valence electrons. The summed E-state index contributed by atoms with van der Waals surface area (Å²) in [6.07, 6.45) is 1.36. The van der Waals surface area contributed by atoms with Crippen LogP contribution in [-0.2, 0) is 9.59 Å². The molecule has 6 heteroatoms. The molecule has 2 rings (SSSR count). The Kier molecular flexibility index (Phi) is 2.70. The summed E-state index contributed by atoms with van der Waals surface area (Å²) >= 11 is 0. The number of nitro groups is 1. The van der Waals surface area contributed by atoms with Gasteiger partial charge in [-0.15, -0.1) is 0 Å². The lowest BCUT2D eigenvalue weighted by molar-refractivity contribution is -0.384. The van der Waals surface area contributed by atoms with Crippen LogP contribution < -0.4 is 5.32 Å². The molecule has 1 aliphatic rings. The van der Waals surface area contributed by atoms with Crippen molar-refractivity contribution in [3.8, 4) is 0 Å². The molecule has 1 fully saturated rings. The van der Waals surface area contributed by atoms with Crippen LogP contribution in [0, 0.1) is 10.1 Å². The van der Waals surface area contributed by atoms with E-state index in [1.165, 1.54) is 30.3 Å². The van der Waals surface area contributed by atoms with Crippen LogP contribution in [0.3, 0.4) is 0 Å². The van der Waals surface area contributed by atoms with Gasteiger partial charge in [-0.1, -0.05) is 0 Å². The van der Waals surface area contributed by atoms with E-state index in [1.807, 2.05) is 0 Å². The largest absolute Gasteiger partial charge is 0.323 e. The first-order valence-corrected chi connectivity index (χ1v) is 4.85. The highest BCUT2D eigenvalue weighted by Crippen LogP contribution is 2.16. The Bertz CT molecular complexity index is 531. The van der Waals surface area contributed by atoms with E-state index < -0.39 is 4.92 Å². The van der Waals surface area contributed by atoms with Crippen molar-refractivity contribution in [2.45, 2.75) is 6.42 Å². The van der Waals surface area contributed by atoms with Gasteiger partial charge in [-0.3, -0.25) is 19.7 Å². The van der Waals surface area contributed by atoms with Crippen LogP contribution in [0.25, 0.3) is 6.08 Å². The summed E-state index contributed by atoms with van der Waals surface area (Å²) in [5, 5.41) is 12.9. The molecule has 0 aromatic heterocycles. The van der Waals surface area contributed by atoms with Gasteiger partial charge in [0.1, 0.15) is 0 Å². The zero-order chi connectivity index (χ0) is 12.4. The molecule has 1 heterocycles. The average molecular weight is 232 g/mol. The van der Waals surface area contributed by atoms with E-state index in [9.17, 15) is 19.7 Å². The number of benzene rings is 1. The van der Waals surface area contributed by atoms with Gasteiger partial charge in [0.2, 0.25) is 5.91 Å². The number of carbonyl (C=O) groups is 2. The first kappa shape index (κ1) is 11.0. The summed E-state index contributed by atoms with van der Waals surface area (Å²) in [4.78, 5) is 32.2. The molecule has 0 atom stereocenters. The zero-order valence-corrected chi connectivity index (χ0v) is 8.67.